The van der Waals surface area contributed by atoms with Gasteiger partial charge in [0.1, 0.15) is 11.2 Å². The van der Waals surface area contributed by atoms with Crippen molar-refractivity contribution in [2.24, 2.45) is 0 Å². The number of furan rings is 1. The van der Waals surface area contributed by atoms with Crippen LogP contribution in [0.25, 0.3) is 110 Å². The summed E-state index contributed by atoms with van der Waals surface area (Å²) in [5.74, 6) is 0. The van der Waals surface area contributed by atoms with Crippen LogP contribution in [0.3, 0.4) is 0 Å². The van der Waals surface area contributed by atoms with Crippen molar-refractivity contribution in [3.8, 4) is 44.8 Å². The quantitative estimate of drug-likeness (QED) is 0.152. The van der Waals surface area contributed by atoms with Crippen molar-refractivity contribution in [1.29, 1.82) is 0 Å². The minimum Gasteiger partial charge on any atom is -0.456 e. The van der Waals surface area contributed by atoms with Crippen LogP contribution in [0.5, 0.6) is 0 Å². The van der Waals surface area contributed by atoms with Gasteiger partial charge in [-0.05, 0) is 143 Å². The van der Waals surface area contributed by atoms with Gasteiger partial charge in [-0.25, -0.2) is 0 Å². The Morgan fingerprint density at radius 1 is 0.243 bits per heavy atom. The van der Waals surface area contributed by atoms with Gasteiger partial charge in [0.15, 0.2) is 0 Å². The van der Waals surface area contributed by atoms with Crippen LogP contribution < -0.4 is 4.90 Å². The van der Waals surface area contributed by atoms with Crippen LogP contribution in [0.1, 0.15) is 0 Å². The second kappa shape index (κ2) is 16.2. The molecule has 4 heteroatoms. The van der Waals surface area contributed by atoms with Crippen LogP contribution in [-0.4, -0.2) is 9.13 Å². The summed E-state index contributed by atoms with van der Waals surface area (Å²) in [6, 6.07) is 94.2. The third kappa shape index (κ3) is 6.53. The van der Waals surface area contributed by atoms with E-state index in [1.54, 1.807) is 0 Å². The highest BCUT2D eigenvalue weighted by Gasteiger charge is 2.18. The molecule has 70 heavy (non-hydrogen) atoms. The molecule has 11 aromatic carbocycles. The van der Waals surface area contributed by atoms with Crippen LogP contribution in [0, 0.1) is 0 Å². The normalized spacial score (nSPS) is 11.7. The Labute approximate surface area is 404 Å². The van der Waals surface area contributed by atoms with E-state index in [1.807, 2.05) is 12.1 Å². The van der Waals surface area contributed by atoms with Gasteiger partial charge < -0.3 is 18.5 Å². The molecule has 4 nitrogen and oxygen atoms in total. The van der Waals surface area contributed by atoms with Gasteiger partial charge in [-0.2, -0.15) is 0 Å². The summed E-state index contributed by atoms with van der Waals surface area (Å²) in [4.78, 5) is 2.35. The van der Waals surface area contributed by atoms with Crippen LogP contribution in [0.2, 0.25) is 0 Å². The molecule has 0 unspecified atom stereocenters. The Morgan fingerprint density at radius 2 is 0.629 bits per heavy atom. The Hall–Kier alpha value is -9.38. The van der Waals surface area contributed by atoms with Gasteiger partial charge in [0.2, 0.25) is 0 Å². The number of aromatic nitrogens is 2. The smallest absolute Gasteiger partial charge is 0.136 e. The summed E-state index contributed by atoms with van der Waals surface area (Å²) in [6.45, 7) is 0. The molecule has 0 aliphatic carbocycles. The maximum Gasteiger partial charge on any atom is 0.136 e. The molecule has 3 heterocycles. The molecule has 0 saturated carbocycles. The molecule has 0 spiro atoms. The zero-order valence-electron chi connectivity index (χ0n) is 38.1. The van der Waals surface area contributed by atoms with Crippen LogP contribution in [0.4, 0.5) is 17.1 Å². The fraction of sp³-hybridized carbons (Fsp3) is 0. The zero-order valence-corrected chi connectivity index (χ0v) is 38.1. The minimum absolute atomic E-state index is 0.895. The average Bonchev–Trinajstić information content (AvgIpc) is 4.09. The van der Waals surface area contributed by atoms with Crippen molar-refractivity contribution in [2.75, 3.05) is 4.90 Å². The standard InChI is InChI=1S/C66H43N3O/c1-3-13-50(14-4-1)68-62-21-11-8-18-56(62)60-41-47(31-40-63(60)68)44-23-32-52(33-24-44)67(54-36-27-46(28-37-54)49-30-39-59-58-19-9-12-22-65(58)70-66(59)43-49)53-34-25-45(26-35-53)48-29-38-57-55-17-7-10-20-61(55)69(64(57)42-48)51-15-5-2-6-16-51/h1-43H. The number of hydrogen-bond donors (Lipinski definition) is 0. The summed E-state index contributed by atoms with van der Waals surface area (Å²) < 4.78 is 11.0. The Balaban J connectivity index is 0.846. The first kappa shape index (κ1) is 39.8. The summed E-state index contributed by atoms with van der Waals surface area (Å²) in [5.41, 5.74) is 19.0. The number of benzene rings is 11. The van der Waals surface area contributed by atoms with Gasteiger partial charge in [-0.1, -0.05) is 152 Å². The van der Waals surface area contributed by atoms with E-state index in [0.717, 1.165) is 72.6 Å². The van der Waals surface area contributed by atoms with Crippen molar-refractivity contribution in [1.82, 2.24) is 9.13 Å². The maximum atomic E-state index is 6.29. The van der Waals surface area contributed by atoms with E-state index in [-0.39, 0.29) is 0 Å². The first-order chi connectivity index (χ1) is 34.7. The highest BCUT2D eigenvalue weighted by atomic mass is 16.3. The lowest BCUT2D eigenvalue weighted by Gasteiger charge is -2.26. The van der Waals surface area contributed by atoms with Gasteiger partial charge in [0, 0.05) is 60.8 Å². The average molecular weight is 894 g/mol. The molecule has 0 fully saturated rings. The lowest BCUT2D eigenvalue weighted by atomic mass is 10.0. The molecule has 328 valence electrons. The van der Waals surface area contributed by atoms with Crippen molar-refractivity contribution >= 4 is 82.6 Å². The highest BCUT2D eigenvalue weighted by molar-refractivity contribution is 6.12. The van der Waals surface area contributed by atoms with Crippen molar-refractivity contribution in [2.45, 2.75) is 0 Å². The van der Waals surface area contributed by atoms with E-state index in [4.69, 9.17) is 4.42 Å². The molecule has 0 atom stereocenters. The topological polar surface area (TPSA) is 26.2 Å². The van der Waals surface area contributed by atoms with Crippen LogP contribution >= 0.6 is 0 Å². The first-order valence-electron chi connectivity index (χ1n) is 23.9. The van der Waals surface area contributed by atoms with Gasteiger partial charge in [-0.3, -0.25) is 0 Å². The molecule has 0 amide bonds. The fourth-order valence-electron chi connectivity index (χ4n) is 10.8. The van der Waals surface area contributed by atoms with Gasteiger partial charge in [-0.15, -0.1) is 0 Å². The van der Waals surface area contributed by atoms with E-state index in [0.29, 0.717) is 0 Å². The van der Waals surface area contributed by atoms with Gasteiger partial charge in [0.05, 0.1) is 22.1 Å². The van der Waals surface area contributed by atoms with Crippen LogP contribution in [0.15, 0.2) is 265 Å². The van der Waals surface area contributed by atoms with E-state index in [1.165, 1.54) is 54.7 Å². The molecular formula is C66H43N3O. The number of hydrogen-bond acceptors (Lipinski definition) is 2. The van der Waals surface area contributed by atoms with E-state index in [9.17, 15) is 0 Å². The van der Waals surface area contributed by atoms with Gasteiger partial charge in [0.25, 0.3) is 0 Å². The van der Waals surface area contributed by atoms with E-state index < -0.39 is 0 Å². The highest BCUT2D eigenvalue weighted by Crippen LogP contribution is 2.41. The van der Waals surface area contributed by atoms with Gasteiger partial charge >= 0.3 is 0 Å². The minimum atomic E-state index is 0.895. The second-order valence-corrected chi connectivity index (χ2v) is 18.1. The molecule has 0 N–H and O–H groups in total. The van der Waals surface area contributed by atoms with E-state index in [2.05, 4.69) is 263 Å². The first-order valence-corrected chi connectivity index (χ1v) is 23.9. The zero-order chi connectivity index (χ0) is 46.1. The third-order valence-corrected chi connectivity index (χ3v) is 14.1. The number of anilines is 3. The molecule has 14 rings (SSSR count). The SMILES string of the molecule is c1ccc(-n2c3ccccc3c3cc(-c4ccc(N(c5ccc(-c6ccc7c(c6)oc6ccccc67)cc5)c5ccc(-c6ccc7c8ccccc8n(-c8ccccc8)c7c6)cc5)cc4)ccc32)cc1. The number of nitrogens with zero attached hydrogens (tertiary/aromatic N) is 3. The molecule has 14 aromatic rings. The predicted octanol–water partition coefficient (Wildman–Crippen LogP) is 18.3. The van der Waals surface area contributed by atoms with E-state index >= 15 is 0 Å². The van der Waals surface area contributed by atoms with Crippen molar-refractivity contribution in [3.05, 3.63) is 261 Å². The monoisotopic (exact) mass is 893 g/mol. The van der Waals surface area contributed by atoms with Crippen LogP contribution in [-0.2, 0) is 0 Å². The summed E-state index contributed by atoms with van der Waals surface area (Å²) in [6.07, 6.45) is 0. The Morgan fingerprint density at radius 3 is 1.21 bits per heavy atom. The lowest BCUT2D eigenvalue weighted by molar-refractivity contribution is 0.669. The summed E-state index contributed by atoms with van der Waals surface area (Å²) in [5, 5.41) is 7.25. The van der Waals surface area contributed by atoms with Crippen molar-refractivity contribution in [3.63, 3.8) is 0 Å². The van der Waals surface area contributed by atoms with Crippen molar-refractivity contribution < 1.29 is 4.42 Å². The number of para-hydroxylation sites is 5. The lowest BCUT2D eigenvalue weighted by Crippen LogP contribution is -2.09. The molecule has 0 aliphatic rings. The molecule has 0 bridgehead atoms. The molecule has 0 aliphatic heterocycles. The number of fused-ring (bicyclic) bond motifs is 9. The Kier molecular flexibility index (Phi) is 9.17. The molecule has 0 radical (unpaired) electrons. The third-order valence-electron chi connectivity index (χ3n) is 14.1. The Bertz CT molecular complexity index is 4260. The maximum absolute atomic E-state index is 6.29. The number of rotatable bonds is 8. The fourth-order valence-corrected chi connectivity index (χ4v) is 10.8. The molecule has 0 saturated heterocycles. The second-order valence-electron chi connectivity index (χ2n) is 18.1. The molecule has 3 aromatic heterocycles. The largest absolute Gasteiger partial charge is 0.456 e. The summed E-state index contributed by atoms with van der Waals surface area (Å²) >= 11 is 0. The predicted molar refractivity (Wildman–Crippen MR) is 293 cm³/mol. The molecular weight excluding hydrogens is 851 g/mol. The summed E-state index contributed by atoms with van der Waals surface area (Å²) in [7, 11) is 0.